The van der Waals surface area contributed by atoms with Gasteiger partial charge in [0, 0.05) is 20.8 Å². The Morgan fingerprint density at radius 1 is 0.794 bits per heavy atom. The number of fused-ring (bicyclic) bond motifs is 4. The Morgan fingerprint density at radius 3 is 2.06 bits per heavy atom. The molecule has 0 bridgehead atoms. The van der Waals surface area contributed by atoms with E-state index in [0.717, 1.165) is 26.7 Å². The van der Waals surface area contributed by atoms with E-state index in [0.29, 0.717) is 49.9 Å². The highest BCUT2D eigenvalue weighted by Gasteiger charge is 2.35. The third-order valence-electron chi connectivity index (χ3n) is 6.72. The van der Waals surface area contributed by atoms with Crippen LogP contribution in [0.5, 0.6) is 23.0 Å². The van der Waals surface area contributed by atoms with E-state index in [2.05, 4.69) is 29.8 Å². The van der Waals surface area contributed by atoms with Crippen LogP contribution in [0, 0.1) is 6.92 Å². The number of ketones is 1. The highest BCUT2D eigenvalue weighted by Crippen LogP contribution is 2.54. The van der Waals surface area contributed by atoms with E-state index in [1.54, 1.807) is 27.4 Å². The number of rotatable bonds is 4. The summed E-state index contributed by atoms with van der Waals surface area (Å²) in [6.45, 7) is 6.16. The van der Waals surface area contributed by atoms with Gasteiger partial charge < -0.3 is 19.3 Å². The summed E-state index contributed by atoms with van der Waals surface area (Å²) in [5.41, 5.74) is 4.63. The van der Waals surface area contributed by atoms with Crippen molar-refractivity contribution in [3.05, 3.63) is 57.1 Å². The first-order valence-corrected chi connectivity index (χ1v) is 11.8. The highest BCUT2D eigenvalue weighted by molar-refractivity contribution is 9.10. The summed E-state index contributed by atoms with van der Waals surface area (Å²) in [5.74, 6) is 1.60. The second-order valence-electron chi connectivity index (χ2n) is 8.90. The van der Waals surface area contributed by atoms with Crippen molar-refractivity contribution in [1.82, 2.24) is 0 Å². The Kier molecular flexibility index (Phi) is 5.24. The van der Waals surface area contributed by atoms with Crippen LogP contribution in [-0.2, 0) is 0 Å². The number of hydrogen-bond donors (Lipinski definition) is 1. The number of phenols is 1. The van der Waals surface area contributed by atoms with E-state index >= 15 is 0 Å². The maximum absolute atomic E-state index is 14.2. The van der Waals surface area contributed by atoms with Gasteiger partial charge in [-0.1, -0.05) is 29.8 Å². The molecule has 1 aliphatic rings. The monoisotopic (exact) mass is 520 g/mol. The molecule has 5 rings (SSSR count). The number of ether oxygens (including phenoxy) is 3. The first-order valence-electron chi connectivity index (χ1n) is 11.0. The first-order chi connectivity index (χ1) is 16.2. The summed E-state index contributed by atoms with van der Waals surface area (Å²) in [5, 5.41) is 13.9. The number of phenolic OH excluding ortho intramolecular Hbond substituents is 1. The van der Waals surface area contributed by atoms with Gasteiger partial charge in [-0.3, -0.25) is 4.79 Å². The highest BCUT2D eigenvalue weighted by atomic mass is 79.9. The van der Waals surface area contributed by atoms with Crippen LogP contribution in [0.15, 0.2) is 34.8 Å². The predicted molar refractivity (Wildman–Crippen MR) is 138 cm³/mol. The molecule has 174 valence electrons. The van der Waals surface area contributed by atoms with Crippen LogP contribution in [0.4, 0.5) is 0 Å². The van der Waals surface area contributed by atoms with Crippen LogP contribution in [0.2, 0.25) is 0 Å². The molecular formula is C28H25BrO5. The molecule has 0 atom stereocenters. The molecule has 34 heavy (non-hydrogen) atoms. The molecule has 0 saturated heterocycles. The quantitative estimate of drug-likeness (QED) is 0.255. The summed E-state index contributed by atoms with van der Waals surface area (Å²) >= 11 is 3.56. The lowest BCUT2D eigenvalue weighted by Crippen LogP contribution is -2.14. The van der Waals surface area contributed by atoms with Gasteiger partial charge in [-0.15, -0.1) is 0 Å². The fraction of sp³-hybridized carbons (Fsp3) is 0.250. The minimum atomic E-state index is -0.155. The third-order valence-corrected chi connectivity index (χ3v) is 7.18. The maximum Gasteiger partial charge on any atom is 0.198 e. The van der Waals surface area contributed by atoms with Gasteiger partial charge in [-0.2, -0.15) is 0 Å². The Labute approximate surface area is 206 Å². The average molecular weight is 521 g/mol. The molecular weight excluding hydrogens is 496 g/mol. The lowest BCUT2D eigenvalue weighted by Gasteiger charge is -2.27. The lowest BCUT2D eigenvalue weighted by atomic mass is 9.77. The molecule has 5 nitrogen and oxygen atoms in total. The molecule has 6 heteroatoms. The van der Waals surface area contributed by atoms with Gasteiger partial charge in [0.15, 0.2) is 5.78 Å². The smallest absolute Gasteiger partial charge is 0.198 e. The van der Waals surface area contributed by atoms with Crippen molar-refractivity contribution in [1.29, 1.82) is 0 Å². The van der Waals surface area contributed by atoms with Crippen molar-refractivity contribution in [3.63, 3.8) is 0 Å². The Hall–Kier alpha value is -3.25. The zero-order valence-electron chi connectivity index (χ0n) is 19.9. The topological polar surface area (TPSA) is 65.0 Å². The minimum Gasteiger partial charge on any atom is -0.506 e. The van der Waals surface area contributed by atoms with E-state index in [1.165, 1.54) is 0 Å². The Bertz CT molecular complexity index is 1530. The van der Waals surface area contributed by atoms with E-state index < -0.39 is 0 Å². The van der Waals surface area contributed by atoms with Crippen molar-refractivity contribution in [2.75, 3.05) is 21.3 Å². The van der Waals surface area contributed by atoms with Gasteiger partial charge in [-0.05, 0) is 65.4 Å². The second-order valence-corrected chi connectivity index (χ2v) is 9.82. The lowest BCUT2D eigenvalue weighted by molar-refractivity contribution is 0.103. The number of carbonyl (C=O) groups is 1. The molecule has 0 aromatic heterocycles. The Morgan fingerprint density at radius 2 is 1.44 bits per heavy atom. The summed E-state index contributed by atoms with van der Waals surface area (Å²) in [6.07, 6.45) is 0. The molecule has 0 radical (unpaired) electrons. The van der Waals surface area contributed by atoms with Gasteiger partial charge >= 0.3 is 0 Å². The molecule has 0 fully saturated rings. The Balaban J connectivity index is 2.14. The number of halogens is 1. The van der Waals surface area contributed by atoms with Crippen LogP contribution in [0.1, 0.15) is 46.8 Å². The van der Waals surface area contributed by atoms with Gasteiger partial charge in [0.25, 0.3) is 0 Å². The largest absolute Gasteiger partial charge is 0.506 e. The third kappa shape index (κ3) is 2.94. The molecule has 0 unspecified atom stereocenters. The molecule has 0 spiro atoms. The fourth-order valence-corrected chi connectivity index (χ4v) is 5.58. The van der Waals surface area contributed by atoms with Crippen LogP contribution in [0.25, 0.3) is 32.7 Å². The number of aryl methyl sites for hydroxylation is 1. The molecule has 0 amide bonds. The maximum atomic E-state index is 14.2. The number of methoxy groups -OCH3 is 3. The average Bonchev–Trinajstić information content (AvgIpc) is 2.81. The fourth-order valence-electron chi connectivity index (χ4n) is 5.15. The zero-order valence-corrected chi connectivity index (χ0v) is 21.5. The van der Waals surface area contributed by atoms with Gasteiger partial charge in [0.05, 0.1) is 37.7 Å². The molecule has 1 N–H and O–H groups in total. The van der Waals surface area contributed by atoms with Gasteiger partial charge in [0.1, 0.15) is 23.0 Å². The van der Waals surface area contributed by atoms with Crippen molar-refractivity contribution in [2.24, 2.45) is 0 Å². The van der Waals surface area contributed by atoms with Crippen molar-refractivity contribution < 1.29 is 24.1 Å². The molecule has 4 aromatic rings. The summed E-state index contributed by atoms with van der Waals surface area (Å²) in [7, 11) is 4.71. The SMILES string of the molecule is COc1cc(Br)cc2c1C(=O)c1c3cc(C(C)C)cc(OC)c3c(O)c3c(OC)cc(C)c-2c13. The van der Waals surface area contributed by atoms with Crippen molar-refractivity contribution >= 4 is 43.3 Å². The molecule has 0 aliphatic heterocycles. The zero-order chi connectivity index (χ0) is 24.5. The minimum absolute atomic E-state index is 0.0391. The van der Waals surface area contributed by atoms with E-state index in [1.807, 2.05) is 31.2 Å². The van der Waals surface area contributed by atoms with Crippen molar-refractivity contribution in [2.45, 2.75) is 26.7 Å². The van der Waals surface area contributed by atoms with Crippen molar-refractivity contribution in [3.8, 4) is 34.1 Å². The number of aromatic hydroxyl groups is 1. The number of hydrogen-bond acceptors (Lipinski definition) is 5. The normalized spacial score (nSPS) is 12.4. The van der Waals surface area contributed by atoms with Gasteiger partial charge in [-0.25, -0.2) is 0 Å². The second kappa shape index (κ2) is 7.91. The van der Waals surface area contributed by atoms with Crippen LogP contribution in [-0.4, -0.2) is 32.2 Å². The number of benzene rings is 4. The summed E-state index contributed by atoms with van der Waals surface area (Å²) in [6, 6.07) is 9.55. The molecule has 0 saturated carbocycles. The van der Waals surface area contributed by atoms with Gasteiger partial charge in [0.2, 0.25) is 0 Å². The van der Waals surface area contributed by atoms with E-state index in [9.17, 15) is 9.90 Å². The summed E-state index contributed by atoms with van der Waals surface area (Å²) in [4.78, 5) is 14.2. The molecule has 4 aromatic carbocycles. The van der Waals surface area contributed by atoms with Crippen LogP contribution < -0.4 is 14.2 Å². The van der Waals surface area contributed by atoms with Crippen LogP contribution >= 0.6 is 15.9 Å². The van der Waals surface area contributed by atoms with E-state index in [4.69, 9.17) is 14.2 Å². The van der Waals surface area contributed by atoms with E-state index in [-0.39, 0.29) is 17.5 Å². The molecule has 0 heterocycles. The standard InChI is InChI=1S/C28H25BrO5/c1-12(2)14-8-16-22(19(9-14)33-5)28(31)25-18(32-4)7-13(3)21-17-10-15(29)11-20(34-6)23(17)27(30)24(16)26(21)25/h7-12,31H,1-6H3. The van der Waals surface area contributed by atoms with Crippen LogP contribution in [0.3, 0.4) is 0 Å². The predicted octanol–water partition coefficient (Wildman–Crippen LogP) is 7.13. The summed E-state index contributed by atoms with van der Waals surface area (Å²) < 4.78 is 17.9. The number of carbonyl (C=O) groups excluding carboxylic acids is 1. The first kappa shape index (κ1) is 22.5. The molecule has 1 aliphatic carbocycles.